The third-order valence-corrected chi connectivity index (χ3v) is 4.78. The minimum absolute atomic E-state index is 0.138. The summed E-state index contributed by atoms with van der Waals surface area (Å²) in [6.45, 7) is 6.44. The Morgan fingerprint density at radius 1 is 1.29 bits per heavy atom. The van der Waals surface area contributed by atoms with E-state index in [1.807, 2.05) is 20.8 Å². The molecule has 1 aromatic heterocycles. The second-order valence-electron chi connectivity index (χ2n) is 6.09. The summed E-state index contributed by atoms with van der Waals surface area (Å²) in [5, 5.41) is 7.12. The van der Waals surface area contributed by atoms with Crippen molar-refractivity contribution in [1.82, 2.24) is 15.5 Å². The molecule has 2 aromatic rings. The molecule has 1 atom stereocenters. The third kappa shape index (κ3) is 4.61. The fourth-order valence-electron chi connectivity index (χ4n) is 2.20. The lowest BCUT2D eigenvalue weighted by atomic mass is 10.1. The van der Waals surface area contributed by atoms with Crippen LogP contribution in [0.5, 0.6) is 0 Å². The maximum Gasteiger partial charge on any atom is 0.227 e. The second kappa shape index (κ2) is 7.40. The van der Waals surface area contributed by atoms with Gasteiger partial charge in [-0.1, -0.05) is 25.1 Å². The average Bonchev–Trinajstić information content (AvgIpc) is 2.94. The summed E-state index contributed by atoms with van der Waals surface area (Å²) in [5.41, 5.74) is 0.674. The van der Waals surface area contributed by atoms with Crippen molar-refractivity contribution in [3.8, 4) is 0 Å². The lowest BCUT2D eigenvalue weighted by Gasteiger charge is -2.14. The number of nitrogens with zero attached hydrogens (tertiary/aromatic N) is 2. The van der Waals surface area contributed by atoms with Crippen LogP contribution in [0.4, 0.5) is 4.39 Å². The Morgan fingerprint density at radius 3 is 2.54 bits per heavy atom. The molecule has 0 amide bonds. The van der Waals surface area contributed by atoms with Crippen molar-refractivity contribution < 1.29 is 17.3 Å². The van der Waals surface area contributed by atoms with Gasteiger partial charge < -0.3 is 9.84 Å². The summed E-state index contributed by atoms with van der Waals surface area (Å²) in [5.74, 6) is 0.710. The van der Waals surface area contributed by atoms with E-state index in [1.54, 1.807) is 6.07 Å². The zero-order chi connectivity index (χ0) is 17.9. The van der Waals surface area contributed by atoms with Crippen LogP contribution < -0.4 is 5.32 Å². The highest BCUT2D eigenvalue weighted by atomic mass is 32.2. The molecular weight excluding hydrogens is 333 g/mol. The standard InChI is InChI=1S/C16H22FN3O3S/c1-10(2)16-19-15(23-20-16)7-8-18-11(3)12-5-6-14(13(17)9-12)24(4,21)22/h5-6,9-11,18H,7-8H2,1-4H3. The lowest BCUT2D eigenvalue weighted by molar-refractivity contribution is 0.367. The molecule has 0 saturated carbocycles. The number of hydrogen-bond donors (Lipinski definition) is 1. The SMILES string of the molecule is CC(C)c1noc(CCNC(C)c2ccc(S(C)(=O)=O)c(F)c2)n1. The molecule has 0 radical (unpaired) electrons. The van der Waals surface area contributed by atoms with E-state index in [-0.39, 0.29) is 16.9 Å². The Labute approximate surface area is 141 Å². The monoisotopic (exact) mass is 355 g/mol. The molecule has 0 fully saturated rings. The third-order valence-electron chi connectivity index (χ3n) is 3.64. The molecule has 1 heterocycles. The first kappa shape index (κ1) is 18.5. The van der Waals surface area contributed by atoms with Crippen LogP contribution >= 0.6 is 0 Å². The van der Waals surface area contributed by atoms with E-state index in [9.17, 15) is 12.8 Å². The van der Waals surface area contributed by atoms with Crippen LogP contribution in [0, 0.1) is 5.82 Å². The summed E-state index contributed by atoms with van der Waals surface area (Å²) < 4.78 is 42.0. The van der Waals surface area contributed by atoms with E-state index in [4.69, 9.17) is 4.52 Å². The van der Waals surface area contributed by atoms with E-state index in [1.165, 1.54) is 12.1 Å². The zero-order valence-corrected chi connectivity index (χ0v) is 15.0. The molecule has 132 valence electrons. The summed E-state index contributed by atoms with van der Waals surface area (Å²) in [7, 11) is -3.56. The summed E-state index contributed by atoms with van der Waals surface area (Å²) in [6.07, 6.45) is 1.55. The van der Waals surface area contributed by atoms with Gasteiger partial charge in [-0.15, -0.1) is 0 Å². The number of benzene rings is 1. The van der Waals surface area contributed by atoms with Gasteiger partial charge in [0.05, 0.1) is 0 Å². The number of halogens is 1. The van der Waals surface area contributed by atoms with Gasteiger partial charge in [-0.3, -0.25) is 0 Å². The lowest BCUT2D eigenvalue weighted by Crippen LogP contribution is -2.21. The highest BCUT2D eigenvalue weighted by Gasteiger charge is 2.16. The predicted molar refractivity (Wildman–Crippen MR) is 88.0 cm³/mol. The Morgan fingerprint density at radius 2 is 2.00 bits per heavy atom. The molecule has 1 aromatic carbocycles. The minimum atomic E-state index is -3.56. The van der Waals surface area contributed by atoms with Crippen molar-refractivity contribution in [3.63, 3.8) is 0 Å². The molecule has 24 heavy (non-hydrogen) atoms. The highest BCUT2D eigenvalue weighted by molar-refractivity contribution is 7.90. The Kier molecular flexibility index (Phi) is 5.71. The quantitative estimate of drug-likeness (QED) is 0.822. The number of rotatable bonds is 7. The molecule has 8 heteroatoms. The summed E-state index contributed by atoms with van der Waals surface area (Å²) in [6, 6.07) is 4.02. The Hall–Kier alpha value is -1.80. The fraction of sp³-hybridized carbons (Fsp3) is 0.500. The van der Waals surface area contributed by atoms with Gasteiger partial charge in [0.2, 0.25) is 5.89 Å². The van der Waals surface area contributed by atoms with E-state index < -0.39 is 15.7 Å². The van der Waals surface area contributed by atoms with Gasteiger partial charge in [0, 0.05) is 31.2 Å². The number of sulfone groups is 1. The Balaban J connectivity index is 1.95. The topological polar surface area (TPSA) is 85.1 Å². The molecule has 0 aliphatic rings. The van der Waals surface area contributed by atoms with E-state index in [0.29, 0.717) is 30.2 Å². The Bertz CT molecular complexity index is 803. The van der Waals surface area contributed by atoms with Gasteiger partial charge in [0.1, 0.15) is 10.7 Å². The first-order valence-corrected chi connectivity index (χ1v) is 9.63. The molecule has 0 aliphatic heterocycles. The maximum absolute atomic E-state index is 13.9. The van der Waals surface area contributed by atoms with Crippen molar-refractivity contribution in [3.05, 3.63) is 41.3 Å². The largest absolute Gasteiger partial charge is 0.339 e. The van der Waals surface area contributed by atoms with Crippen molar-refractivity contribution in [2.24, 2.45) is 0 Å². The number of hydrogen-bond acceptors (Lipinski definition) is 6. The first-order valence-electron chi connectivity index (χ1n) is 7.74. The van der Waals surface area contributed by atoms with Crippen LogP contribution in [-0.4, -0.2) is 31.4 Å². The van der Waals surface area contributed by atoms with Gasteiger partial charge in [-0.05, 0) is 24.6 Å². The zero-order valence-electron chi connectivity index (χ0n) is 14.2. The molecule has 1 unspecified atom stereocenters. The molecule has 0 spiro atoms. The van der Waals surface area contributed by atoms with Crippen LogP contribution in [-0.2, 0) is 16.3 Å². The fourth-order valence-corrected chi connectivity index (χ4v) is 2.93. The van der Waals surface area contributed by atoms with Crippen molar-refractivity contribution in [2.45, 2.75) is 44.0 Å². The molecule has 0 saturated heterocycles. The highest BCUT2D eigenvalue weighted by Crippen LogP contribution is 2.20. The normalized spacial score (nSPS) is 13.4. The van der Waals surface area contributed by atoms with E-state index >= 15 is 0 Å². The summed E-state index contributed by atoms with van der Waals surface area (Å²) in [4.78, 5) is 4.00. The minimum Gasteiger partial charge on any atom is -0.339 e. The molecule has 2 rings (SSSR count). The maximum atomic E-state index is 13.9. The van der Waals surface area contributed by atoms with Gasteiger partial charge in [-0.2, -0.15) is 4.98 Å². The molecule has 0 aliphatic carbocycles. The predicted octanol–water partition coefficient (Wildman–Crippen LogP) is 2.63. The molecule has 6 nitrogen and oxygen atoms in total. The molecule has 0 bridgehead atoms. The van der Waals surface area contributed by atoms with Crippen LogP contribution in [0.15, 0.2) is 27.6 Å². The van der Waals surface area contributed by atoms with Gasteiger partial charge in [0.25, 0.3) is 0 Å². The molecular formula is C16H22FN3O3S. The van der Waals surface area contributed by atoms with Crippen molar-refractivity contribution >= 4 is 9.84 Å². The number of nitrogens with one attached hydrogen (secondary N) is 1. The first-order chi connectivity index (χ1) is 11.2. The molecule has 1 N–H and O–H groups in total. The van der Waals surface area contributed by atoms with E-state index in [2.05, 4.69) is 15.5 Å². The van der Waals surface area contributed by atoms with Crippen LogP contribution in [0.3, 0.4) is 0 Å². The van der Waals surface area contributed by atoms with Crippen molar-refractivity contribution in [2.75, 3.05) is 12.8 Å². The van der Waals surface area contributed by atoms with Crippen LogP contribution in [0.2, 0.25) is 0 Å². The number of aromatic nitrogens is 2. The van der Waals surface area contributed by atoms with Crippen LogP contribution in [0.1, 0.15) is 50.0 Å². The van der Waals surface area contributed by atoms with E-state index in [0.717, 1.165) is 6.26 Å². The smallest absolute Gasteiger partial charge is 0.227 e. The van der Waals surface area contributed by atoms with Gasteiger partial charge in [0.15, 0.2) is 15.7 Å². The van der Waals surface area contributed by atoms with Gasteiger partial charge >= 0.3 is 0 Å². The van der Waals surface area contributed by atoms with Gasteiger partial charge in [-0.25, -0.2) is 12.8 Å². The summed E-state index contributed by atoms with van der Waals surface area (Å²) >= 11 is 0. The van der Waals surface area contributed by atoms with Crippen molar-refractivity contribution in [1.29, 1.82) is 0 Å². The second-order valence-corrected chi connectivity index (χ2v) is 8.07. The van der Waals surface area contributed by atoms with Crippen LogP contribution in [0.25, 0.3) is 0 Å². The average molecular weight is 355 g/mol.